The highest BCUT2D eigenvalue weighted by molar-refractivity contribution is 5.09. The van der Waals surface area contributed by atoms with Crippen LogP contribution >= 0.6 is 0 Å². The van der Waals surface area contributed by atoms with Crippen LogP contribution in [0.15, 0.2) is 28.9 Å². The molecule has 0 aliphatic heterocycles. The molecule has 20 heavy (non-hydrogen) atoms. The number of hydrogen-bond donors (Lipinski definition) is 1. The molecule has 0 saturated heterocycles. The fourth-order valence-corrected chi connectivity index (χ4v) is 2.06. The van der Waals surface area contributed by atoms with Gasteiger partial charge in [-0.1, -0.05) is 6.92 Å². The van der Waals surface area contributed by atoms with E-state index in [9.17, 15) is 0 Å². The molecule has 1 N–H and O–H groups in total. The van der Waals surface area contributed by atoms with Gasteiger partial charge in [0, 0.05) is 24.4 Å². The first-order chi connectivity index (χ1) is 9.48. The van der Waals surface area contributed by atoms with E-state index in [2.05, 4.69) is 48.6 Å². The summed E-state index contributed by atoms with van der Waals surface area (Å²) in [6.07, 6.45) is 5.98. The van der Waals surface area contributed by atoms with Gasteiger partial charge in [0.2, 0.25) is 0 Å². The molecule has 2 rings (SSSR count). The Morgan fingerprint density at radius 2 is 2.00 bits per heavy atom. The highest BCUT2D eigenvalue weighted by Crippen LogP contribution is 2.12. The van der Waals surface area contributed by atoms with E-state index in [1.54, 1.807) is 0 Å². The minimum Gasteiger partial charge on any atom is -0.463 e. The SMILES string of the molecule is CCCc1nccn1Cc1ccc(CNC(C)(C)C)o1. The van der Waals surface area contributed by atoms with Crippen molar-refractivity contribution in [1.29, 1.82) is 0 Å². The lowest BCUT2D eigenvalue weighted by Gasteiger charge is -2.19. The van der Waals surface area contributed by atoms with Gasteiger partial charge in [0.05, 0.1) is 13.1 Å². The molecule has 0 saturated carbocycles. The van der Waals surface area contributed by atoms with E-state index >= 15 is 0 Å². The Hall–Kier alpha value is -1.55. The van der Waals surface area contributed by atoms with E-state index < -0.39 is 0 Å². The van der Waals surface area contributed by atoms with Gasteiger partial charge in [-0.25, -0.2) is 4.98 Å². The number of aromatic nitrogens is 2. The van der Waals surface area contributed by atoms with Crippen molar-refractivity contribution in [2.45, 2.75) is 59.2 Å². The molecule has 0 aromatic carbocycles. The Kier molecular flexibility index (Phi) is 4.65. The highest BCUT2D eigenvalue weighted by atomic mass is 16.3. The molecule has 0 atom stereocenters. The maximum absolute atomic E-state index is 5.87. The topological polar surface area (TPSA) is 43.0 Å². The monoisotopic (exact) mass is 275 g/mol. The van der Waals surface area contributed by atoms with Crippen molar-refractivity contribution in [3.63, 3.8) is 0 Å². The molecule has 4 nitrogen and oxygen atoms in total. The number of nitrogens with one attached hydrogen (secondary N) is 1. The van der Waals surface area contributed by atoms with Crippen LogP contribution in [-0.4, -0.2) is 15.1 Å². The van der Waals surface area contributed by atoms with Crippen LogP contribution in [0.1, 0.15) is 51.5 Å². The van der Waals surface area contributed by atoms with Crippen molar-refractivity contribution in [1.82, 2.24) is 14.9 Å². The third-order valence-electron chi connectivity index (χ3n) is 3.11. The van der Waals surface area contributed by atoms with Crippen LogP contribution in [0.25, 0.3) is 0 Å². The summed E-state index contributed by atoms with van der Waals surface area (Å²) in [6.45, 7) is 10.1. The van der Waals surface area contributed by atoms with Crippen molar-refractivity contribution in [2.24, 2.45) is 0 Å². The smallest absolute Gasteiger partial charge is 0.123 e. The first-order valence-electron chi connectivity index (χ1n) is 7.30. The van der Waals surface area contributed by atoms with Crippen molar-refractivity contribution >= 4 is 0 Å². The Morgan fingerprint density at radius 3 is 2.70 bits per heavy atom. The maximum atomic E-state index is 5.87. The first kappa shape index (κ1) is 14.9. The molecule has 0 bridgehead atoms. The molecule has 0 amide bonds. The van der Waals surface area contributed by atoms with Crippen LogP contribution in [-0.2, 0) is 19.5 Å². The molecule has 2 aromatic rings. The van der Waals surface area contributed by atoms with Crippen molar-refractivity contribution < 1.29 is 4.42 Å². The van der Waals surface area contributed by atoms with Crippen LogP contribution in [0.5, 0.6) is 0 Å². The van der Waals surface area contributed by atoms with Crippen molar-refractivity contribution in [2.75, 3.05) is 0 Å². The number of furan rings is 1. The van der Waals surface area contributed by atoms with Gasteiger partial charge in [-0.15, -0.1) is 0 Å². The Balaban J connectivity index is 1.97. The Bertz CT molecular complexity index is 534. The van der Waals surface area contributed by atoms with E-state index in [-0.39, 0.29) is 5.54 Å². The average Bonchev–Trinajstić information content (AvgIpc) is 2.97. The number of imidazole rings is 1. The standard InChI is InChI=1S/C16H25N3O/c1-5-6-15-17-9-10-19(15)12-14-8-7-13(20-14)11-18-16(2,3)4/h7-10,18H,5-6,11-12H2,1-4H3. The van der Waals surface area contributed by atoms with Crippen LogP contribution in [0.2, 0.25) is 0 Å². The molecule has 0 fully saturated rings. The molecule has 110 valence electrons. The second kappa shape index (κ2) is 6.27. The van der Waals surface area contributed by atoms with Gasteiger partial charge in [0.1, 0.15) is 17.3 Å². The second-order valence-corrected chi connectivity index (χ2v) is 6.19. The summed E-state index contributed by atoms with van der Waals surface area (Å²) in [7, 11) is 0. The summed E-state index contributed by atoms with van der Waals surface area (Å²) < 4.78 is 8.03. The van der Waals surface area contributed by atoms with Crippen LogP contribution in [0.3, 0.4) is 0 Å². The van der Waals surface area contributed by atoms with Gasteiger partial charge in [0.25, 0.3) is 0 Å². The maximum Gasteiger partial charge on any atom is 0.123 e. The third-order valence-corrected chi connectivity index (χ3v) is 3.11. The van der Waals surface area contributed by atoms with Gasteiger partial charge >= 0.3 is 0 Å². The van der Waals surface area contributed by atoms with Gasteiger partial charge < -0.3 is 14.3 Å². The van der Waals surface area contributed by atoms with Crippen molar-refractivity contribution in [3.05, 3.63) is 41.9 Å². The predicted molar refractivity (Wildman–Crippen MR) is 80.6 cm³/mol. The number of nitrogens with zero attached hydrogens (tertiary/aromatic N) is 2. The zero-order valence-electron chi connectivity index (χ0n) is 12.9. The van der Waals surface area contributed by atoms with Gasteiger partial charge in [0.15, 0.2) is 0 Å². The van der Waals surface area contributed by atoms with E-state index in [0.717, 1.165) is 43.3 Å². The zero-order chi connectivity index (χ0) is 14.6. The summed E-state index contributed by atoms with van der Waals surface area (Å²) in [5.41, 5.74) is 0.103. The van der Waals surface area contributed by atoms with E-state index in [1.165, 1.54) is 0 Å². The molecule has 2 heterocycles. The zero-order valence-corrected chi connectivity index (χ0v) is 12.9. The fourth-order valence-electron chi connectivity index (χ4n) is 2.06. The molecular formula is C16H25N3O. The van der Waals surface area contributed by atoms with Crippen molar-refractivity contribution in [3.8, 4) is 0 Å². The summed E-state index contributed by atoms with van der Waals surface area (Å²) in [6, 6.07) is 4.10. The first-order valence-corrected chi connectivity index (χ1v) is 7.30. The Labute approximate surface area is 121 Å². The highest BCUT2D eigenvalue weighted by Gasteiger charge is 2.11. The quantitative estimate of drug-likeness (QED) is 0.879. The second-order valence-electron chi connectivity index (χ2n) is 6.19. The summed E-state index contributed by atoms with van der Waals surface area (Å²) >= 11 is 0. The summed E-state index contributed by atoms with van der Waals surface area (Å²) in [4.78, 5) is 4.39. The lowest BCUT2D eigenvalue weighted by atomic mass is 10.1. The minimum absolute atomic E-state index is 0.103. The van der Waals surface area contributed by atoms with Gasteiger partial charge in [-0.05, 0) is 39.3 Å². The minimum atomic E-state index is 0.103. The Morgan fingerprint density at radius 1 is 1.25 bits per heavy atom. The number of rotatable bonds is 6. The lowest BCUT2D eigenvalue weighted by Crippen LogP contribution is -2.34. The molecule has 0 aliphatic rings. The van der Waals surface area contributed by atoms with E-state index in [0.29, 0.717) is 0 Å². The molecule has 4 heteroatoms. The number of hydrogen-bond acceptors (Lipinski definition) is 3. The third kappa shape index (κ3) is 4.23. The largest absolute Gasteiger partial charge is 0.463 e. The predicted octanol–water partition coefficient (Wildman–Crippen LogP) is 3.37. The fraction of sp³-hybridized carbons (Fsp3) is 0.562. The van der Waals surface area contributed by atoms with Crippen LogP contribution in [0, 0.1) is 0 Å². The molecule has 0 radical (unpaired) electrons. The molecule has 0 unspecified atom stereocenters. The molecule has 0 aliphatic carbocycles. The molecule has 0 spiro atoms. The van der Waals surface area contributed by atoms with E-state index in [1.807, 2.05) is 18.5 Å². The average molecular weight is 275 g/mol. The van der Waals surface area contributed by atoms with Crippen LogP contribution < -0.4 is 5.32 Å². The normalized spacial score (nSPS) is 12.0. The van der Waals surface area contributed by atoms with Gasteiger partial charge in [-0.2, -0.15) is 0 Å². The summed E-state index contributed by atoms with van der Waals surface area (Å²) in [5, 5.41) is 3.43. The van der Waals surface area contributed by atoms with Gasteiger partial charge in [-0.3, -0.25) is 0 Å². The number of aryl methyl sites for hydroxylation is 1. The molecular weight excluding hydrogens is 250 g/mol. The van der Waals surface area contributed by atoms with E-state index in [4.69, 9.17) is 4.42 Å². The van der Waals surface area contributed by atoms with Crippen LogP contribution in [0.4, 0.5) is 0 Å². The summed E-state index contributed by atoms with van der Waals surface area (Å²) in [5.74, 6) is 3.08. The molecule has 2 aromatic heterocycles. The lowest BCUT2D eigenvalue weighted by molar-refractivity contribution is 0.375.